The van der Waals surface area contributed by atoms with Crippen LogP contribution in [-0.2, 0) is 4.79 Å². The lowest BCUT2D eigenvalue weighted by atomic mass is 10.2. The van der Waals surface area contributed by atoms with Gasteiger partial charge in [0.15, 0.2) is 0 Å². The predicted molar refractivity (Wildman–Crippen MR) is 109 cm³/mol. The minimum Gasteiger partial charge on any atom is -0.395 e. The molecule has 2 aromatic heterocycles. The molecule has 0 saturated carbocycles. The molecule has 0 aliphatic rings. The Morgan fingerprint density at radius 3 is 2.56 bits per heavy atom. The Morgan fingerprint density at radius 1 is 1.11 bits per heavy atom. The standard InChI is InChI=1S/C19H21N3O3S2/c23-9-7-22(8-10-24)17(25)6-11-26-18-15-12-16(14-4-2-1-3-5-14)27-19(15)21-13-20-18/h1-5,12-13,23-24H,6-11H2. The molecular weight excluding hydrogens is 382 g/mol. The van der Waals surface area contributed by atoms with E-state index in [2.05, 4.69) is 28.2 Å². The number of amides is 1. The molecule has 3 rings (SSSR count). The van der Waals surface area contributed by atoms with Crippen molar-refractivity contribution in [2.24, 2.45) is 0 Å². The van der Waals surface area contributed by atoms with Crippen LogP contribution in [0.4, 0.5) is 0 Å². The van der Waals surface area contributed by atoms with Crippen molar-refractivity contribution in [1.29, 1.82) is 0 Å². The Bertz CT molecular complexity index is 880. The third-order valence-electron chi connectivity index (χ3n) is 4.00. The van der Waals surface area contributed by atoms with Crippen molar-refractivity contribution in [2.45, 2.75) is 11.4 Å². The maximum Gasteiger partial charge on any atom is 0.223 e. The average molecular weight is 404 g/mol. The topological polar surface area (TPSA) is 86.6 Å². The van der Waals surface area contributed by atoms with Gasteiger partial charge in [0.1, 0.15) is 16.2 Å². The second kappa shape index (κ2) is 9.80. The molecule has 0 atom stereocenters. The minimum absolute atomic E-state index is 0.0776. The Morgan fingerprint density at radius 2 is 1.85 bits per heavy atom. The van der Waals surface area contributed by atoms with Gasteiger partial charge in [-0.1, -0.05) is 30.3 Å². The molecule has 1 amide bonds. The van der Waals surface area contributed by atoms with E-state index >= 15 is 0 Å². The third kappa shape index (κ3) is 5.04. The molecule has 0 spiro atoms. The van der Waals surface area contributed by atoms with Crippen molar-refractivity contribution in [1.82, 2.24) is 14.9 Å². The first-order valence-electron chi connectivity index (χ1n) is 8.65. The predicted octanol–water partition coefficient (Wildman–Crippen LogP) is 2.65. The highest BCUT2D eigenvalue weighted by Crippen LogP contribution is 2.36. The van der Waals surface area contributed by atoms with E-state index in [-0.39, 0.29) is 32.2 Å². The van der Waals surface area contributed by atoms with Crippen LogP contribution in [-0.4, -0.2) is 63.0 Å². The molecule has 0 unspecified atom stereocenters. The molecule has 0 radical (unpaired) electrons. The molecule has 0 saturated heterocycles. The molecule has 2 heterocycles. The van der Waals surface area contributed by atoms with Gasteiger partial charge in [-0.15, -0.1) is 23.1 Å². The fourth-order valence-corrected chi connectivity index (χ4v) is 4.66. The molecule has 27 heavy (non-hydrogen) atoms. The lowest BCUT2D eigenvalue weighted by molar-refractivity contribution is -0.131. The minimum atomic E-state index is -0.109. The highest BCUT2D eigenvalue weighted by molar-refractivity contribution is 7.99. The molecule has 0 aliphatic heterocycles. The van der Waals surface area contributed by atoms with Crippen molar-refractivity contribution in [3.63, 3.8) is 0 Å². The van der Waals surface area contributed by atoms with Crippen LogP contribution in [0, 0.1) is 0 Å². The number of thiophene rings is 1. The number of nitrogens with zero attached hydrogens (tertiary/aromatic N) is 3. The Hall–Kier alpha value is -2.00. The first kappa shape index (κ1) is 19.8. The summed E-state index contributed by atoms with van der Waals surface area (Å²) in [4.78, 5) is 24.5. The smallest absolute Gasteiger partial charge is 0.223 e. The summed E-state index contributed by atoms with van der Waals surface area (Å²) in [6.07, 6.45) is 1.88. The normalized spacial score (nSPS) is 11.0. The maximum atomic E-state index is 12.2. The van der Waals surface area contributed by atoms with Gasteiger partial charge in [0, 0.05) is 35.5 Å². The highest BCUT2D eigenvalue weighted by Gasteiger charge is 2.14. The number of carbonyl (C=O) groups excluding carboxylic acids is 1. The summed E-state index contributed by atoms with van der Waals surface area (Å²) in [5, 5.41) is 19.9. The summed E-state index contributed by atoms with van der Waals surface area (Å²) in [5.74, 6) is 0.501. The van der Waals surface area contributed by atoms with Gasteiger partial charge in [0.05, 0.1) is 13.2 Å². The van der Waals surface area contributed by atoms with Gasteiger partial charge in [-0.05, 0) is 11.6 Å². The van der Waals surface area contributed by atoms with Crippen molar-refractivity contribution in [2.75, 3.05) is 32.1 Å². The zero-order valence-electron chi connectivity index (χ0n) is 14.7. The first-order valence-corrected chi connectivity index (χ1v) is 10.5. The number of thioether (sulfide) groups is 1. The summed E-state index contributed by atoms with van der Waals surface area (Å²) in [7, 11) is 0. The molecule has 3 aromatic rings. The van der Waals surface area contributed by atoms with Crippen LogP contribution in [0.5, 0.6) is 0 Å². The van der Waals surface area contributed by atoms with Crippen molar-refractivity contribution < 1.29 is 15.0 Å². The van der Waals surface area contributed by atoms with E-state index in [1.54, 1.807) is 17.7 Å². The lowest BCUT2D eigenvalue weighted by Gasteiger charge is -2.20. The average Bonchev–Trinajstić information content (AvgIpc) is 3.13. The number of hydrogen-bond acceptors (Lipinski definition) is 7. The number of benzene rings is 1. The number of rotatable bonds is 9. The van der Waals surface area contributed by atoms with Crippen LogP contribution >= 0.6 is 23.1 Å². The van der Waals surface area contributed by atoms with Gasteiger partial charge in [0.2, 0.25) is 5.91 Å². The number of fused-ring (bicyclic) bond motifs is 1. The number of carbonyl (C=O) groups is 1. The van der Waals surface area contributed by atoms with Crippen LogP contribution < -0.4 is 0 Å². The van der Waals surface area contributed by atoms with Gasteiger partial charge in [0.25, 0.3) is 0 Å². The summed E-state index contributed by atoms with van der Waals surface area (Å²) >= 11 is 3.15. The van der Waals surface area contributed by atoms with Gasteiger partial charge in [-0.2, -0.15) is 0 Å². The van der Waals surface area contributed by atoms with E-state index in [4.69, 9.17) is 10.2 Å². The molecule has 142 valence electrons. The van der Waals surface area contributed by atoms with Gasteiger partial charge in [-0.25, -0.2) is 9.97 Å². The van der Waals surface area contributed by atoms with E-state index in [0.29, 0.717) is 12.2 Å². The second-order valence-electron chi connectivity index (χ2n) is 5.80. The first-order chi connectivity index (χ1) is 13.2. The summed E-state index contributed by atoms with van der Waals surface area (Å²) in [5.41, 5.74) is 1.15. The zero-order chi connectivity index (χ0) is 19.1. The van der Waals surface area contributed by atoms with Gasteiger partial charge in [-0.3, -0.25) is 4.79 Å². The van der Waals surface area contributed by atoms with Crippen molar-refractivity contribution >= 4 is 39.2 Å². The molecule has 1 aromatic carbocycles. The number of aliphatic hydroxyl groups is 2. The fourth-order valence-electron chi connectivity index (χ4n) is 2.69. The fraction of sp³-hybridized carbons (Fsp3) is 0.316. The van der Waals surface area contributed by atoms with Crippen LogP contribution in [0.1, 0.15) is 6.42 Å². The number of aromatic nitrogens is 2. The number of aliphatic hydroxyl groups excluding tert-OH is 2. The molecule has 0 aliphatic carbocycles. The molecular formula is C19H21N3O3S2. The summed E-state index contributed by atoms with van der Waals surface area (Å²) < 4.78 is 0. The summed E-state index contributed by atoms with van der Waals surface area (Å²) in [6, 6.07) is 12.3. The van der Waals surface area contributed by atoms with Crippen LogP contribution in [0.25, 0.3) is 20.7 Å². The summed E-state index contributed by atoms with van der Waals surface area (Å²) in [6.45, 7) is 0.269. The Labute approximate surface area is 165 Å². The van der Waals surface area contributed by atoms with Gasteiger partial charge >= 0.3 is 0 Å². The Kier molecular flexibility index (Phi) is 7.17. The molecule has 6 nitrogen and oxygen atoms in total. The van der Waals surface area contributed by atoms with Crippen molar-refractivity contribution in [3.8, 4) is 10.4 Å². The van der Waals surface area contributed by atoms with E-state index in [1.807, 2.05) is 18.2 Å². The van der Waals surface area contributed by atoms with Gasteiger partial charge < -0.3 is 15.1 Å². The Balaban J connectivity index is 1.68. The molecule has 0 bridgehead atoms. The molecule has 0 fully saturated rings. The van der Waals surface area contributed by atoms with E-state index in [0.717, 1.165) is 25.7 Å². The largest absolute Gasteiger partial charge is 0.395 e. The van der Waals surface area contributed by atoms with E-state index in [1.165, 1.54) is 16.7 Å². The van der Waals surface area contributed by atoms with E-state index < -0.39 is 0 Å². The lowest BCUT2D eigenvalue weighted by Crippen LogP contribution is -2.36. The monoisotopic (exact) mass is 403 g/mol. The second-order valence-corrected chi connectivity index (χ2v) is 7.92. The molecule has 2 N–H and O–H groups in total. The highest BCUT2D eigenvalue weighted by atomic mass is 32.2. The number of hydrogen-bond donors (Lipinski definition) is 2. The maximum absolute atomic E-state index is 12.2. The quantitative estimate of drug-likeness (QED) is 0.422. The zero-order valence-corrected chi connectivity index (χ0v) is 16.4. The SMILES string of the molecule is O=C(CCSc1ncnc2sc(-c3ccccc3)cc12)N(CCO)CCO. The van der Waals surface area contributed by atoms with Crippen molar-refractivity contribution in [3.05, 3.63) is 42.7 Å². The van der Waals surface area contributed by atoms with Crippen LogP contribution in [0.3, 0.4) is 0 Å². The molecule has 8 heteroatoms. The van der Waals surface area contributed by atoms with Crippen LogP contribution in [0.2, 0.25) is 0 Å². The van der Waals surface area contributed by atoms with Crippen LogP contribution in [0.15, 0.2) is 47.8 Å². The van der Waals surface area contributed by atoms with E-state index in [9.17, 15) is 4.79 Å². The third-order valence-corrected chi connectivity index (χ3v) is 6.10.